The number of pyridine rings is 1. The number of hydrogen-bond acceptors (Lipinski definition) is 9. The van der Waals surface area contributed by atoms with Crippen molar-refractivity contribution in [1.82, 2.24) is 35.4 Å². The van der Waals surface area contributed by atoms with E-state index >= 15 is 4.39 Å². The van der Waals surface area contributed by atoms with Crippen LogP contribution in [0.2, 0.25) is 0 Å². The molecule has 0 amide bonds. The summed E-state index contributed by atoms with van der Waals surface area (Å²) in [5, 5.41) is 12.0. The van der Waals surface area contributed by atoms with E-state index < -0.39 is 5.82 Å². The monoisotopic (exact) mass is 600 g/mol. The quantitative estimate of drug-likeness (QED) is 0.242. The van der Waals surface area contributed by atoms with E-state index in [0.717, 1.165) is 61.8 Å². The van der Waals surface area contributed by atoms with Gasteiger partial charge >= 0.3 is 6.01 Å². The van der Waals surface area contributed by atoms with Crippen molar-refractivity contribution in [3.63, 3.8) is 0 Å². The summed E-state index contributed by atoms with van der Waals surface area (Å²) in [5.74, 6) is 0.683. The van der Waals surface area contributed by atoms with Crippen LogP contribution < -0.4 is 15.0 Å². The van der Waals surface area contributed by atoms with Crippen molar-refractivity contribution in [2.45, 2.75) is 70.4 Å². The molecule has 3 saturated heterocycles. The molecule has 10 nitrogen and oxygen atoms in total. The molecule has 3 aliphatic heterocycles. The maximum absolute atomic E-state index is 16.7. The minimum absolute atomic E-state index is 0.0160. The third-order valence-electron chi connectivity index (χ3n) is 9.64. The summed E-state index contributed by atoms with van der Waals surface area (Å²) in [6.07, 6.45) is 9.80. The zero-order valence-corrected chi connectivity index (χ0v) is 25.9. The number of halogens is 1. The lowest BCUT2D eigenvalue weighted by atomic mass is 9.91. The lowest BCUT2D eigenvalue weighted by Crippen LogP contribution is -2.55. The molecule has 3 aliphatic rings. The second-order valence-electron chi connectivity index (χ2n) is 12.9. The molecule has 44 heavy (non-hydrogen) atoms. The van der Waals surface area contributed by atoms with Gasteiger partial charge in [0, 0.05) is 30.2 Å². The maximum Gasteiger partial charge on any atom is 0.319 e. The Kier molecular flexibility index (Phi) is 7.31. The molecule has 1 atom stereocenters. The fraction of sp³-hybridized carbons (Fsp3) is 0.515. The number of fused-ring (bicyclic) bond motifs is 3. The minimum atomic E-state index is -0.492. The average molecular weight is 601 g/mol. The lowest BCUT2D eigenvalue weighted by molar-refractivity contribution is 0.108. The summed E-state index contributed by atoms with van der Waals surface area (Å²) in [6.45, 7) is 14.7. The zero-order chi connectivity index (χ0) is 30.5. The molecule has 0 spiro atoms. The summed E-state index contributed by atoms with van der Waals surface area (Å²) >= 11 is 0. The number of nitrogens with zero attached hydrogens (tertiary/aromatic N) is 6. The van der Waals surface area contributed by atoms with Crippen molar-refractivity contribution < 1.29 is 13.9 Å². The lowest BCUT2D eigenvalue weighted by Gasteiger charge is -2.42. The van der Waals surface area contributed by atoms with Crippen LogP contribution in [0.4, 0.5) is 10.2 Å². The molecule has 3 aromatic heterocycles. The smallest absolute Gasteiger partial charge is 0.319 e. The van der Waals surface area contributed by atoms with Crippen LogP contribution in [0, 0.1) is 12.7 Å². The Hall–Kier alpha value is -3.99. The number of aromatic amines is 1. The Morgan fingerprint density at radius 1 is 1.09 bits per heavy atom. The van der Waals surface area contributed by atoms with Gasteiger partial charge in [0.1, 0.15) is 23.6 Å². The number of anilines is 1. The van der Waals surface area contributed by atoms with Crippen LogP contribution in [0.1, 0.15) is 57.9 Å². The molecule has 1 aromatic carbocycles. The fourth-order valence-electron chi connectivity index (χ4n) is 7.64. The van der Waals surface area contributed by atoms with Gasteiger partial charge in [-0.3, -0.25) is 15.0 Å². The number of nitrogens with one attached hydrogen (secondary N) is 2. The summed E-state index contributed by atoms with van der Waals surface area (Å²) < 4.78 is 28.7. The Bertz CT molecular complexity index is 1710. The van der Waals surface area contributed by atoms with Crippen LogP contribution in [-0.4, -0.2) is 80.5 Å². The standard InChI is InChI=1S/C33H41FN8O2/c1-5-43-22(3)39-32(4)9-6-12-41(19-32)30-25-17-35-28(23-15-21(2)16-26-24(23)18-36-40-26)27(34)29(25)37-31(38-30)44-20-33-10-7-13-42(33)14-8-11-33/h15-18,39H,3,5-14,19-20H2,1-2,4H3,(H,36,40)/t32-/m1/s1. The van der Waals surface area contributed by atoms with Crippen molar-refractivity contribution in [3.8, 4) is 17.3 Å². The Labute approximate surface area is 257 Å². The Morgan fingerprint density at radius 2 is 1.89 bits per heavy atom. The highest BCUT2D eigenvalue weighted by Crippen LogP contribution is 2.40. The van der Waals surface area contributed by atoms with Crippen molar-refractivity contribution in [2.24, 2.45) is 0 Å². The summed E-state index contributed by atoms with van der Waals surface area (Å²) in [4.78, 5) is 19.1. The topological polar surface area (TPSA) is 104 Å². The van der Waals surface area contributed by atoms with Gasteiger partial charge in [-0.05, 0) is 96.7 Å². The van der Waals surface area contributed by atoms with Crippen molar-refractivity contribution in [1.29, 1.82) is 0 Å². The van der Waals surface area contributed by atoms with Gasteiger partial charge in [-0.15, -0.1) is 0 Å². The van der Waals surface area contributed by atoms with Crippen LogP contribution in [0.3, 0.4) is 0 Å². The van der Waals surface area contributed by atoms with Gasteiger partial charge in [0.25, 0.3) is 0 Å². The zero-order valence-electron chi connectivity index (χ0n) is 25.9. The molecule has 0 unspecified atom stereocenters. The number of ether oxygens (including phenoxy) is 2. The molecule has 0 bridgehead atoms. The SMILES string of the molecule is C=C(N[C@]1(C)CCCN(c2nc(OCC34CCCN3CCC4)nc3c(F)c(-c4cc(C)cc5[nH]ncc45)ncc23)C1)OCC. The number of rotatable bonds is 9. The van der Waals surface area contributed by atoms with E-state index in [1.807, 2.05) is 26.0 Å². The second-order valence-corrected chi connectivity index (χ2v) is 12.9. The Morgan fingerprint density at radius 3 is 2.68 bits per heavy atom. The highest BCUT2D eigenvalue weighted by Gasteiger charge is 2.45. The molecular weight excluding hydrogens is 559 g/mol. The number of hydrogen-bond donors (Lipinski definition) is 2. The molecule has 2 N–H and O–H groups in total. The molecule has 0 saturated carbocycles. The van der Waals surface area contributed by atoms with E-state index in [1.165, 1.54) is 12.8 Å². The van der Waals surface area contributed by atoms with E-state index in [1.54, 1.807) is 12.4 Å². The molecule has 232 valence electrons. The van der Waals surface area contributed by atoms with Crippen molar-refractivity contribution >= 4 is 27.6 Å². The van der Waals surface area contributed by atoms with E-state index in [9.17, 15) is 0 Å². The first-order valence-electron chi connectivity index (χ1n) is 15.8. The normalized spacial score (nSPS) is 21.6. The van der Waals surface area contributed by atoms with Crippen LogP contribution in [0.15, 0.2) is 37.0 Å². The highest BCUT2D eigenvalue weighted by atomic mass is 19.1. The number of H-pyrrole nitrogens is 1. The number of piperidine rings is 1. The number of aromatic nitrogens is 5. The fourth-order valence-corrected chi connectivity index (χ4v) is 7.64. The van der Waals surface area contributed by atoms with E-state index in [0.29, 0.717) is 42.4 Å². The summed E-state index contributed by atoms with van der Waals surface area (Å²) in [7, 11) is 0. The second kappa shape index (κ2) is 11.2. The van der Waals surface area contributed by atoms with Crippen LogP contribution in [-0.2, 0) is 4.74 Å². The van der Waals surface area contributed by atoms with Gasteiger partial charge in [-0.2, -0.15) is 15.1 Å². The van der Waals surface area contributed by atoms with Crippen LogP contribution >= 0.6 is 0 Å². The predicted octanol–water partition coefficient (Wildman–Crippen LogP) is 5.48. The third-order valence-corrected chi connectivity index (χ3v) is 9.64. The molecule has 3 fully saturated rings. The first-order valence-corrected chi connectivity index (χ1v) is 15.8. The molecular formula is C33H41FN8O2. The predicted molar refractivity (Wildman–Crippen MR) is 169 cm³/mol. The number of aryl methyl sites for hydroxylation is 1. The first kappa shape index (κ1) is 28.8. The van der Waals surface area contributed by atoms with Gasteiger partial charge in [0.2, 0.25) is 0 Å². The van der Waals surface area contributed by atoms with Gasteiger partial charge in [0.15, 0.2) is 11.7 Å². The van der Waals surface area contributed by atoms with Gasteiger partial charge in [0.05, 0.1) is 34.8 Å². The molecule has 6 heterocycles. The molecule has 7 rings (SSSR count). The summed E-state index contributed by atoms with van der Waals surface area (Å²) in [5.41, 5.74) is 2.64. The van der Waals surface area contributed by atoms with Gasteiger partial charge < -0.3 is 19.7 Å². The molecule has 0 aliphatic carbocycles. The minimum Gasteiger partial charge on any atom is -0.480 e. The average Bonchev–Trinajstić information content (AvgIpc) is 3.72. The Balaban J connectivity index is 1.31. The number of benzene rings is 1. The summed E-state index contributed by atoms with van der Waals surface area (Å²) in [6, 6.07) is 4.14. The van der Waals surface area contributed by atoms with Gasteiger partial charge in [-0.25, -0.2) is 4.39 Å². The van der Waals surface area contributed by atoms with E-state index in [2.05, 4.69) is 43.8 Å². The van der Waals surface area contributed by atoms with E-state index in [-0.39, 0.29) is 28.3 Å². The van der Waals surface area contributed by atoms with Gasteiger partial charge in [-0.1, -0.05) is 0 Å². The third kappa shape index (κ3) is 5.10. The van der Waals surface area contributed by atoms with E-state index in [4.69, 9.17) is 19.4 Å². The largest absolute Gasteiger partial charge is 0.480 e. The first-order chi connectivity index (χ1) is 21.3. The molecule has 11 heteroatoms. The molecule has 4 aromatic rings. The van der Waals surface area contributed by atoms with Crippen molar-refractivity contribution in [2.75, 3.05) is 44.3 Å². The van der Waals surface area contributed by atoms with Crippen molar-refractivity contribution in [3.05, 3.63) is 48.4 Å². The maximum atomic E-state index is 16.7. The molecule has 0 radical (unpaired) electrons. The van der Waals surface area contributed by atoms with Crippen LogP contribution in [0.5, 0.6) is 6.01 Å². The highest BCUT2D eigenvalue weighted by molar-refractivity contribution is 5.98. The van der Waals surface area contributed by atoms with Crippen LogP contribution in [0.25, 0.3) is 33.1 Å².